The molecule has 0 spiro atoms. The SMILES string of the molecule is Cc1ccccc1C(=O)O.O=C(O)C(F)(F)F. The maximum atomic E-state index is 10.6. The topological polar surface area (TPSA) is 74.6 Å². The number of benzene rings is 1. The first-order chi connectivity index (χ1) is 7.66. The van der Waals surface area contributed by atoms with Gasteiger partial charge in [0.25, 0.3) is 0 Å². The Morgan fingerprint density at radius 1 is 1.12 bits per heavy atom. The minimum absolute atomic E-state index is 0.377. The molecule has 17 heavy (non-hydrogen) atoms. The summed E-state index contributed by atoms with van der Waals surface area (Å²) in [4.78, 5) is 19.3. The van der Waals surface area contributed by atoms with Gasteiger partial charge in [-0.2, -0.15) is 13.2 Å². The number of aryl methyl sites for hydroxylation is 1. The van der Waals surface area contributed by atoms with Gasteiger partial charge in [0, 0.05) is 0 Å². The summed E-state index contributed by atoms with van der Waals surface area (Å²) >= 11 is 0. The molecule has 0 radical (unpaired) electrons. The van der Waals surface area contributed by atoms with Crippen LogP contribution < -0.4 is 0 Å². The molecule has 1 rings (SSSR count). The van der Waals surface area contributed by atoms with Crippen molar-refractivity contribution in [2.45, 2.75) is 13.1 Å². The zero-order valence-electron chi connectivity index (χ0n) is 8.65. The average molecular weight is 250 g/mol. The van der Waals surface area contributed by atoms with E-state index in [0.29, 0.717) is 5.56 Å². The number of aliphatic carboxylic acids is 1. The molecule has 0 amide bonds. The van der Waals surface area contributed by atoms with E-state index < -0.39 is 18.1 Å². The molecule has 1 aromatic carbocycles. The van der Waals surface area contributed by atoms with Gasteiger partial charge >= 0.3 is 18.1 Å². The molecule has 0 aliphatic carbocycles. The Bertz CT molecular complexity index is 412. The molecule has 2 N–H and O–H groups in total. The number of hydrogen-bond donors (Lipinski definition) is 2. The fraction of sp³-hybridized carbons (Fsp3) is 0.200. The van der Waals surface area contributed by atoms with Gasteiger partial charge in [-0.1, -0.05) is 18.2 Å². The highest BCUT2D eigenvalue weighted by atomic mass is 19.4. The molecule has 0 saturated heterocycles. The van der Waals surface area contributed by atoms with Crippen LogP contribution in [-0.2, 0) is 4.79 Å². The minimum atomic E-state index is -5.08. The summed E-state index contributed by atoms with van der Waals surface area (Å²) in [5.74, 6) is -3.62. The van der Waals surface area contributed by atoms with Gasteiger partial charge in [0.15, 0.2) is 0 Å². The Balaban J connectivity index is 0.000000325. The van der Waals surface area contributed by atoms with Crippen molar-refractivity contribution < 1.29 is 33.0 Å². The Morgan fingerprint density at radius 3 is 1.76 bits per heavy atom. The zero-order valence-corrected chi connectivity index (χ0v) is 8.65. The molecule has 0 fully saturated rings. The summed E-state index contributed by atoms with van der Waals surface area (Å²) in [7, 11) is 0. The molecule has 0 unspecified atom stereocenters. The lowest BCUT2D eigenvalue weighted by molar-refractivity contribution is -0.192. The van der Waals surface area contributed by atoms with Crippen LogP contribution in [0.4, 0.5) is 13.2 Å². The Hall–Kier alpha value is -2.05. The van der Waals surface area contributed by atoms with Gasteiger partial charge < -0.3 is 10.2 Å². The van der Waals surface area contributed by atoms with Crippen LogP contribution in [0, 0.1) is 6.92 Å². The normalized spacial score (nSPS) is 10.1. The second-order valence-electron chi connectivity index (χ2n) is 2.92. The number of rotatable bonds is 1. The molecular formula is C10H9F3O4. The lowest BCUT2D eigenvalue weighted by Crippen LogP contribution is -2.21. The van der Waals surface area contributed by atoms with Gasteiger partial charge in [-0.3, -0.25) is 0 Å². The van der Waals surface area contributed by atoms with Crippen LogP contribution in [0.15, 0.2) is 24.3 Å². The van der Waals surface area contributed by atoms with E-state index in [2.05, 4.69) is 0 Å². The van der Waals surface area contributed by atoms with E-state index in [4.69, 9.17) is 15.0 Å². The number of carboxylic acids is 2. The van der Waals surface area contributed by atoms with Crippen molar-refractivity contribution in [3.8, 4) is 0 Å². The maximum absolute atomic E-state index is 10.6. The summed E-state index contributed by atoms with van der Waals surface area (Å²) in [6.07, 6.45) is -5.08. The zero-order chi connectivity index (χ0) is 13.6. The number of carboxylic acid groups (broad SMARTS) is 2. The van der Waals surface area contributed by atoms with Crippen LogP contribution in [0.1, 0.15) is 15.9 Å². The quantitative estimate of drug-likeness (QED) is 0.802. The lowest BCUT2D eigenvalue weighted by Gasteiger charge is -1.96. The molecule has 0 aromatic heterocycles. The van der Waals surface area contributed by atoms with E-state index in [1.54, 1.807) is 25.1 Å². The first kappa shape index (κ1) is 14.9. The smallest absolute Gasteiger partial charge is 0.478 e. The molecule has 94 valence electrons. The maximum Gasteiger partial charge on any atom is 0.490 e. The van der Waals surface area contributed by atoms with Crippen LogP contribution in [0.2, 0.25) is 0 Å². The molecule has 7 heteroatoms. The molecular weight excluding hydrogens is 241 g/mol. The molecule has 0 heterocycles. The van der Waals surface area contributed by atoms with Gasteiger partial charge in [0.1, 0.15) is 0 Å². The Morgan fingerprint density at radius 2 is 1.53 bits per heavy atom. The van der Waals surface area contributed by atoms with Crippen molar-refractivity contribution in [2.75, 3.05) is 0 Å². The summed E-state index contributed by atoms with van der Waals surface area (Å²) in [6.45, 7) is 1.78. The highest BCUT2D eigenvalue weighted by molar-refractivity contribution is 5.89. The monoisotopic (exact) mass is 250 g/mol. The van der Waals surface area contributed by atoms with Crippen LogP contribution in [0.3, 0.4) is 0 Å². The predicted octanol–water partition coefficient (Wildman–Crippen LogP) is 2.33. The van der Waals surface area contributed by atoms with Gasteiger partial charge in [-0.05, 0) is 18.6 Å². The highest BCUT2D eigenvalue weighted by Crippen LogP contribution is 2.13. The summed E-state index contributed by atoms with van der Waals surface area (Å²) in [5, 5.41) is 15.7. The molecule has 0 saturated carbocycles. The van der Waals surface area contributed by atoms with Crippen LogP contribution in [0.25, 0.3) is 0 Å². The predicted molar refractivity (Wildman–Crippen MR) is 51.8 cm³/mol. The number of hydrogen-bond acceptors (Lipinski definition) is 2. The molecule has 4 nitrogen and oxygen atoms in total. The van der Waals surface area contributed by atoms with Gasteiger partial charge in [-0.25, -0.2) is 9.59 Å². The minimum Gasteiger partial charge on any atom is -0.478 e. The Kier molecular flexibility index (Phi) is 5.17. The third-order valence-electron chi connectivity index (χ3n) is 1.62. The number of carbonyl (C=O) groups is 2. The molecule has 0 aliphatic rings. The van der Waals surface area contributed by atoms with Crippen molar-refractivity contribution in [3.05, 3.63) is 35.4 Å². The number of aromatic carboxylic acids is 1. The third kappa shape index (κ3) is 5.55. The lowest BCUT2D eigenvalue weighted by atomic mass is 10.1. The highest BCUT2D eigenvalue weighted by Gasteiger charge is 2.38. The van der Waals surface area contributed by atoms with Gasteiger partial charge in [0.05, 0.1) is 5.56 Å². The third-order valence-corrected chi connectivity index (χ3v) is 1.62. The van der Waals surface area contributed by atoms with Crippen molar-refractivity contribution in [3.63, 3.8) is 0 Å². The number of halogens is 3. The molecule has 1 aromatic rings. The van der Waals surface area contributed by atoms with E-state index in [-0.39, 0.29) is 0 Å². The van der Waals surface area contributed by atoms with Gasteiger partial charge in [-0.15, -0.1) is 0 Å². The van der Waals surface area contributed by atoms with Gasteiger partial charge in [0.2, 0.25) is 0 Å². The standard InChI is InChI=1S/C8H8O2.C2HF3O2/c1-6-4-2-3-5-7(6)8(9)10;3-2(4,5)1(6)7/h2-5H,1H3,(H,9,10);(H,6,7). The summed E-state index contributed by atoms with van der Waals surface area (Å²) < 4.78 is 31.7. The van der Waals surface area contributed by atoms with E-state index in [1.807, 2.05) is 6.07 Å². The van der Waals surface area contributed by atoms with Crippen molar-refractivity contribution in [1.82, 2.24) is 0 Å². The van der Waals surface area contributed by atoms with E-state index in [9.17, 15) is 18.0 Å². The largest absolute Gasteiger partial charge is 0.490 e. The van der Waals surface area contributed by atoms with Crippen molar-refractivity contribution in [2.24, 2.45) is 0 Å². The van der Waals surface area contributed by atoms with Crippen molar-refractivity contribution in [1.29, 1.82) is 0 Å². The number of alkyl halides is 3. The van der Waals surface area contributed by atoms with Crippen LogP contribution >= 0.6 is 0 Å². The summed E-state index contributed by atoms with van der Waals surface area (Å²) in [5.41, 5.74) is 1.18. The van der Waals surface area contributed by atoms with Crippen LogP contribution in [-0.4, -0.2) is 28.3 Å². The average Bonchev–Trinajstić information content (AvgIpc) is 2.17. The summed E-state index contributed by atoms with van der Waals surface area (Å²) in [6, 6.07) is 6.92. The van der Waals surface area contributed by atoms with E-state index in [1.165, 1.54) is 0 Å². The fourth-order valence-corrected chi connectivity index (χ4v) is 0.813. The van der Waals surface area contributed by atoms with Crippen molar-refractivity contribution >= 4 is 11.9 Å². The first-order valence-corrected chi connectivity index (χ1v) is 4.25. The van der Waals surface area contributed by atoms with Crippen LogP contribution in [0.5, 0.6) is 0 Å². The second-order valence-corrected chi connectivity index (χ2v) is 2.92. The molecule has 0 bridgehead atoms. The second kappa shape index (κ2) is 5.88. The fourth-order valence-electron chi connectivity index (χ4n) is 0.813. The van der Waals surface area contributed by atoms with E-state index >= 15 is 0 Å². The molecule has 0 atom stereocenters. The Labute approximate surface area is 94.3 Å². The first-order valence-electron chi connectivity index (χ1n) is 4.25. The van der Waals surface area contributed by atoms with E-state index in [0.717, 1.165) is 5.56 Å². The molecule has 0 aliphatic heterocycles.